The molecule has 0 bridgehead atoms. The van der Waals surface area contributed by atoms with Crippen molar-refractivity contribution >= 4 is 23.8 Å². The maximum Gasteiger partial charge on any atom is 0.364 e. The quantitative estimate of drug-likeness (QED) is 0.0475. The Morgan fingerprint density at radius 2 is 1.30 bits per heavy atom. The van der Waals surface area contributed by atoms with Crippen LogP contribution in [0, 0.1) is 0 Å². The van der Waals surface area contributed by atoms with Crippen LogP contribution in [0.2, 0.25) is 0 Å². The van der Waals surface area contributed by atoms with Crippen LogP contribution in [0.15, 0.2) is 0 Å². The zero-order valence-electron chi connectivity index (χ0n) is 35.1. The molecule has 27 nitrogen and oxygen atoms in total. The lowest BCUT2D eigenvalue weighted by Gasteiger charge is -2.51. The molecule has 0 aromatic carbocycles. The van der Waals surface area contributed by atoms with Gasteiger partial charge in [0.15, 0.2) is 18.9 Å². The Hall–Kier alpha value is -2.88. The molecule has 0 aliphatic carbocycles. The maximum atomic E-state index is 13.0. The number of aliphatic carboxylic acids is 2. The van der Waals surface area contributed by atoms with Crippen molar-refractivity contribution in [1.29, 1.82) is 0 Å². The highest BCUT2D eigenvalue weighted by Gasteiger charge is 2.61. The van der Waals surface area contributed by atoms with E-state index in [1.54, 1.807) is 0 Å². The van der Waals surface area contributed by atoms with Gasteiger partial charge in [-0.25, -0.2) is 4.79 Å². The van der Waals surface area contributed by atoms with Crippen LogP contribution in [0.3, 0.4) is 0 Å². The van der Waals surface area contributed by atoms with Gasteiger partial charge < -0.3 is 115 Å². The Morgan fingerprint density at radius 3 is 1.88 bits per heavy atom. The number of rotatable bonds is 21. The number of carboxylic acid groups (broad SMARTS) is 2. The molecular weight excluding hydrogens is 872 g/mol. The van der Waals surface area contributed by atoms with Gasteiger partial charge in [0.05, 0.1) is 38.1 Å². The van der Waals surface area contributed by atoms with Gasteiger partial charge in [0.25, 0.3) is 5.79 Å². The van der Waals surface area contributed by atoms with E-state index in [-0.39, 0.29) is 13.0 Å². The molecule has 21 atom stereocenters. The van der Waals surface area contributed by atoms with Crippen molar-refractivity contribution in [2.75, 3.05) is 26.4 Å². The summed E-state index contributed by atoms with van der Waals surface area (Å²) in [5, 5.41) is 142. The first-order chi connectivity index (χ1) is 30.1. The zero-order chi connectivity index (χ0) is 47.8. The van der Waals surface area contributed by atoms with Gasteiger partial charge in [-0.3, -0.25) is 14.4 Å². The van der Waals surface area contributed by atoms with Crippen LogP contribution in [-0.4, -0.2) is 245 Å². The zero-order valence-corrected chi connectivity index (χ0v) is 35.1. The maximum absolute atomic E-state index is 13.0. The van der Waals surface area contributed by atoms with Crippen LogP contribution in [-0.2, 0) is 57.1 Å². The molecule has 4 aliphatic heterocycles. The third kappa shape index (κ3) is 12.8. The number of carbonyl (C=O) groups is 4. The van der Waals surface area contributed by atoms with Gasteiger partial charge in [0, 0.05) is 33.3 Å². The molecule has 0 unspecified atom stereocenters. The smallest absolute Gasteiger partial charge is 0.364 e. The molecule has 0 spiro atoms. The highest BCUT2D eigenvalue weighted by Crippen LogP contribution is 2.39. The van der Waals surface area contributed by atoms with Gasteiger partial charge in [-0.15, -0.1) is 0 Å². The molecule has 370 valence electrons. The largest absolute Gasteiger partial charge is 0.481 e. The summed E-state index contributed by atoms with van der Waals surface area (Å²) in [6.07, 6.45) is -33.9. The predicted octanol–water partition coefficient (Wildman–Crippen LogP) is -7.56. The number of nitrogens with one attached hydrogen (secondary N) is 2. The minimum atomic E-state index is -3.14. The van der Waals surface area contributed by atoms with Crippen molar-refractivity contribution in [3.63, 3.8) is 0 Å². The van der Waals surface area contributed by atoms with Gasteiger partial charge in [-0.05, 0) is 19.8 Å². The van der Waals surface area contributed by atoms with E-state index in [1.165, 1.54) is 6.92 Å². The lowest BCUT2D eigenvalue weighted by Crippen LogP contribution is -2.71. The Morgan fingerprint density at radius 1 is 0.703 bits per heavy atom. The highest BCUT2D eigenvalue weighted by molar-refractivity contribution is 5.76. The molecule has 2 amide bonds. The molecule has 4 heterocycles. The monoisotopic (exact) mass is 934 g/mol. The number of carbonyl (C=O) groups excluding carboxylic acids is 2. The summed E-state index contributed by atoms with van der Waals surface area (Å²) in [5.74, 6) is -7.68. The molecule has 64 heavy (non-hydrogen) atoms. The molecule has 0 radical (unpaired) electrons. The van der Waals surface area contributed by atoms with Gasteiger partial charge >= 0.3 is 11.9 Å². The van der Waals surface area contributed by atoms with Crippen LogP contribution in [0.1, 0.15) is 52.9 Å². The number of unbranched alkanes of at least 4 members (excludes halogenated alkanes) is 2. The molecule has 4 saturated heterocycles. The minimum absolute atomic E-state index is 0.0920. The van der Waals surface area contributed by atoms with Crippen molar-refractivity contribution in [3.8, 4) is 0 Å². The van der Waals surface area contributed by atoms with E-state index >= 15 is 0 Å². The van der Waals surface area contributed by atoms with Crippen LogP contribution < -0.4 is 10.6 Å². The Bertz CT molecular complexity index is 1530. The van der Waals surface area contributed by atoms with Gasteiger partial charge in [-0.1, -0.05) is 6.42 Å². The van der Waals surface area contributed by atoms with E-state index in [9.17, 15) is 80.5 Å². The topological polar surface area (TPSA) is 429 Å². The summed E-state index contributed by atoms with van der Waals surface area (Å²) in [7, 11) is 0. The van der Waals surface area contributed by atoms with Crippen LogP contribution >= 0.6 is 0 Å². The molecule has 0 saturated carbocycles. The van der Waals surface area contributed by atoms with E-state index in [4.69, 9.17) is 43.0 Å². The number of amides is 2. The lowest BCUT2D eigenvalue weighted by atomic mass is 9.88. The number of ether oxygens (including phenoxy) is 8. The van der Waals surface area contributed by atoms with E-state index in [0.717, 1.165) is 13.8 Å². The summed E-state index contributed by atoms with van der Waals surface area (Å²) < 4.78 is 46.9. The first-order valence-electron chi connectivity index (χ1n) is 20.6. The number of aliphatic hydroxyl groups is 11. The van der Waals surface area contributed by atoms with Crippen molar-refractivity contribution in [1.82, 2.24) is 10.6 Å². The van der Waals surface area contributed by atoms with E-state index in [0.29, 0.717) is 19.3 Å². The molecule has 27 heteroatoms. The van der Waals surface area contributed by atoms with Crippen molar-refractivity contribution in [2.45, 2.75) is 181 Å². The summed E-state index contributed by atoms with van der Waals surface area (Å²) >= 11 is 0. The van der Waals surface area contributed by atoms with Gasteiger partial charge in [0.1, 0.15) is 85.4 Å². The first-order valence-corrected chi connectivity index (χ1v) is 20.6. The second-order valence-electron chi connectivity index (χ2n) is 16.1. The number of hydrogen-bond acceptors (Lipinski definition) is 23. The average molecular weight is 935 g/mol. The molecule has 4 fully saturated rings. The lowest BCUT2D eigenvalue weighted by molar-refractivity contribution is -0.391. The van der Waals surface area contributed by atoms with E-state index < -0.39 is 178 Å². The third-order valence-corrected chi connectivity index (χ3v) is 11.2. The molecule has 4 rings (SSSR count). The molecule has 0 aromatic rings. The van der Waals surface area contributed by atoms with Crippen molar-refractivity contribution < 1.29 is 123 Å². The summed E-state index contributed by atoms with van der Waals surface area (Å²) in [6, 6.07) is -3.09. The first kappa shape index (κ1) is 53.7. The molecule has 15 N–H and O–H groups in total. The second-order valence-corrected chi connectivity index (χ2v) is 16.1. The molecule has 0 aromatic heterocycles. The predicted molar refractivity (Wildman–Crippen MR) is 203 cm³/mol. The summed E-state index contributed by atoms with van der Waals surface area (Å²) in [4.78, 5) is 48.6. The van der Waals surface area contributed by atoms with E-state index in [2.05, 4.69) is 10.6 Å². The van der Waals surface area contributed by atoms with Crippen LogP contribution in [0.4, 0.5) is 0 Å². The summed E-state index contributed by atoms with van der Waals surface area (Å²) in [5.41, 5.74) is 0. The van der Waals surface area contributed by atoms with Crippen molar-refractivity contribution in [3.05, 3.63) is 0 Å². The fraction of sp³-hybridized carbons (Fsp3) is 0.892. The number of carboxylic acids is 2. The summed E-state index contributed by atoms with van der Waals surface area (Å²) in [6.45, 7) is 0.267. The number of hydrogen-bond donors (Lipinski definition) is 15. The average Bonchev–Trinajstić information content (AvgIpc) is 3.23. The molecule has 4 aliphatic rings. The number of aliphatic hydroxyl groups excluding tert-OH is 11. The Balaban J connectivity index is 1.72. The fourth-order valence-corrected chi connectivity index (χ4v) is 7.87. The fourth-order valence-electron chi connectivity index (χ4n) is 7.87. The Kier molecular flexibility index (Phi) is 19.9. The highest BCUT2D eigenvalue weighted by atomic mass is 16.8. The van der Waals surface area contributed by atoms with Crippen molar-refractivity contribution in [2.24, 2.45) is 0 Å². The Labute approximate surface area is 365 Å². The van der Waals surface area contributed by atoms with E-state index in [1.807, 2.05) is 0 Å². The SMILES string of the molecule is CC(=O)N[C@H]1[C@H](OCCCCCC(=O)O)O[C@H](CO)[C@@H](O[C@H]2O[C@H](CO)[C@H](O)[C@H](O[C@]3(C(=O)O)C[C@H](O)[C@@H](NC(C)=O)[C@H]([C@H](O)[C@H](O)CO)O3)[C@H]2O)[C@@H]1O[C@@H]1O[C@@H](C)[C@@H](O)[C@@H](O)[C@@H]1O. The third-order valence-electron chi connectivity index (χ3n) is 11.2. The van der Waals surface area contributed by atoms with Gasteiger partial charge in [0.2, 0.25) is 11.8 Å². The van der Waals surface area contributed by atoms with Crippen LogP contribution in [0.25, 0.3) is 0 Å². The standard InChI is InChI=1S/C37H62N2O25/c1-13-23(49)26(52)27(53)34(58-13)62-31-22(39-15(3)44)33(57-8-6-4-5-7-20(47)48)60-19(12-42)29(31)61-35-28(54)32(25(51)18(11-41)59-35)64-37(36(55)56)9-16(45)21(38-14(2)43)30(63-37)24(50)17(46)10-40/h13,16-19,21-35,40-42,45-46,49-54H,4-12H2,1-3H3,(H,38,43)(H,39,44)(H,47,48)(H,55,56)/t13-,16-,17+,18+,19+,21+,22+,23+,24+,25-,26+,27-,28+,29+,30+,31+,32-,33+,34-,35+,37-/m0/s1. The molecular formula is C37H62N2O25. The normalized spacial score (nSPS) is 41.4. The second kappa shape index (κ2) is 23.7. The van der Waals surface area contributed by atoms with Crippen LogP contribution in [0.5, 0.6) is 0 Å². The minimum Gasteiger partial charge on any atom is -0.481 e. The van der Waals surface area contributed by atoms with Gasteiger partial charge in [-0.2, -0.15) is 0 Å².